The van der Waals surface area contributed by atoms with Crippen molar-refractivity contribution in [1.82, 2.24) is 4.90 Å². The summed E-state index contributed by atoms with van der Waals surface area (Å²) in [6, 6.07) is 6.01. The summed E-state index contributed by atoms with van der Waals surface area (Å²) in [5.41, 5.74) is 7.04. The van der Waals surface area contributed by atoms with E-state index in [1.54, 1.807) is 21.3 Å². The molecule has 1 aromatic carbocycles. The van der Waals surface area contributed by atoms with Crippen molar-refractivity contribution in [2.75, 3.05) is 48.1 Å². The molecule has 0 aromatic heterocycles. The Balaban J connectivity index is 2.87. The molecule has 114 valence electrons. The van der Waals surface area contributed by atoms with E-state index in [0.717, 1.165) is 36.6 Å². The van der Waals surface area contributed by atoms with E-state index in [9.17, 15) is 0 Å². The first-order valence-electron chi connectivity index (χ1n) is 6.78. The van der Waals surface area contributed by atoms with Crippen molar-refractivity contribution in [2.45, 2.75) is 12.5 Å². The largest absolute Gasteiger partial charge is 0.497 e. The van der Waals surface area contributed by atoms with Gasteiger partial charge < -0.3 is 19.9 Å². The van der Waals surface area contributed by atoms with Crippen LogP contribution < -0.4 is 15.2 Å². The Kier molecular flexibility index (Phi) is 7.36. The standard InChI is InChI=1S/C15H26N2O3/c1-17(6-5-7-18-2)15(11-16)12-8-13(19-3)10-14(9-12)20-4/h8-10,15H,5-7,11,16H2,1-4H3. The van der Waals surface area contributed by atoms with Crippen molar-refractivity contribution < 1.29 is 14.2 Å². The van der Waals surface area contributed by atoms with Gasteiger partial charge in [-0.25, -0.2) is 0 Å². The second-order valence-electron chi connectivity index (χ2n) is 4.72. The van der Waals surface area contributed by atoms with Crippen LogP contribution in [0, 0.1) is 0 Å². The van der Waals surface area contributed by atoms with E-state index in [-0.39, 0.29) is 6.04 Å². The molecule has 0 fully saturated rings. The molecule has 1 atom stereocenters. The van der Waals surface area contributed by atoms with Gasteiger partial charge in [-0.2, -0.15) is 0 Å². The summed E-state index contributed by atoms with van der Waals surface area (Å²) in [7, 11) is 7.09. The minimum absolute atomic E-state index is 0.135. The van der Waals surface area contributed by atoms with Gasteiger partial charge in [0.1, 0.15) is 11.5 Å². The Labute approximate surface area is 121 Å². The summed E-state index contributed by atoms with van der Waals surface area (Å²) in [6.45, 7) is 2.22. The van der Waals surface area contributed by atoms with Gasteiger partial charge in [-0.1, -0.05) is 0 Å². The number of nitrogens with two attached hydrogens (primary N) is 1. The van der Waals surface area contributed by atoms with Crippen LogP contribution >= 0.6 is 0 Å². The lowest BCUT2D eigenvalue weighted by molar-refractivity contribution is 0.166. The molecule has 20 heavy (non-hydrogen) atoms. The first-order valence-corrected chi connectivity index (χ1v) is 6.78. The highest BCUT2D eigenvalue weighted by molar-refractivity contribution is 5.40. The number of benzene rings is 1. The Morgan fingerprint density at radius 2 is 1.70 bits per heavy atom. The Bertz CT molecular complexity index is 376. The molecule has 0 spiro atoms. The fourth-order valence-electron chi connectivity index (χ4n) is 2.21. The van der Waals surface area contributed by atoms with Crippen LogP contribution in [0.4, 0.5) is 0 Å². The van der Waals surface area contributed by atoms with Crippen LogP contribution in [0.5, 0.6) is 11.5 Å². The van der Waals surface area contributed by atoms with Crippen molar-refractivity contribution >= 4 is 0 Å². The van der Waals surface area contributed by atoms with Crippen LogP contribution in [0.1, 0.15) is 18.0 Å². The zero-order valence-electron chi connectivity index (χ0n) is 12.9. The van der Waals surface area contributed by atoms with E-state index in [1.165, 1.54) is 0 Å². The quantitative estimate of drug-likeness (QED) is 0.698. The molecular formula is C15H26N2O3. The van der Waals surface area contributed by atoms with Gasteiger partial charge in [-0.05, 0) is 31.2 Å². The molecule has 0 saturated heterocycles. The predicted molar refractivity (Wildman–Crippen MR) is 80.5 cm³/mol. The van der Waals surface area contributed by atoms with E-state index < -0.39 is 0 Å². The van der Waals surface area contributed by atoms with Crippen molar-refractivity contribution in [3.05, 3.63) is 23.8 Å². The van der Waals surface area contributed by atoms with E-state index in [0.29, 0.717) is 6.54 Å². The first kappa shape index (κ1) is 16.8. The van der Waals surface area contributed by atoms with E-state index in [1.807, 2.05) is 18.2 Å². The number of nitrogens with zero attached hydrogens (tertiary/aromatic N) is 1. The number of likely N-dealkylation sites (N-methyl/N-ethyl adjacent to an activating group) is 1. The molecule has 0 radical (unpaired) electrons. The molecule has 0 heterocycles. The summed E-state index contributed by atoms with van der Waals surface area (Å²) in [5.74, 6) is 1.56. The SMILES string of the molecule is COCCCN(C)C(CN)c1cc(OC)cc(OC)c1. The van der Waals surface area contributed by atoms with Crippen molar-refractivity contribution in [2.24, 2.45) is 5.73 Å². The second-order valence-corrected chi connectivity index (χ2v) is 4.72. The number of ether oxygens (including phenoxy) is 3. The monoisotopic (exact) mass is 282 g/mol. The topological polar surface area (TPSA) is 57.0 Å². The van der Waals surface area contributed by atoms with Crippen LogP contribution in [0.25, 0.3) is 0 Å². The number of hydrogen-bond donors (Lipinski definition) is 1. The van der Waals surface area contributed by atoms with E-state index >= 15 is 0 Å². The van der Waals surface area contributed by atoms with Gasteiger partial charge in [0.05, 0.1) is 14.2 Å². The summed E-state index contributed by atoms with van der Waals surface area (Å²) >= 11 is 0. The maximum Gasteiger partial charge on any atom is 0.122 e. The third kappa shape index (κ3) is 4.67. The van der Waals surface area contributed by atoms with Gasteiger partial charge in [-0.15, -0.1) is 0 Å². The van der Waals surface area contributed by atoms with Gasteiger partial charge in [0.2, 0.25) is 0 Å². The summed E-state index contributed by atoms with van der Waals surface area (Å²) in [6.07, 6.45) is 0.977. The lowest BCUT2D eigenvalue weighted by Crippen LogP contribution is -2.31. The molecule has 1 unspecified atom stereocenters. The Hall–Kier alpha value is -1.30. The number of rotatable bonds is 9. The van der Waals surface area contributed by atoms with Gasteiger partial charge in [-0.3, -0.25) is 4.90 Å². The van der Waals surface area contributed by atoms with Gasteiger partial charge in [0.15, 0.2) is 0 Å². The van der Waals surface area contributed by atoms with Crippen molar-refractivity contribution in [1.29, 1.82) is 0 Å². The van der Waals surface area contributed by atoms with E-state index in [4.69, 9.17) is 19.9 Å². The predicted octanol–water partition coefficient (Wildman–Crippen LogP) is 1.67. The molecular weight excluding hydrogens is 256 g/mol. The second kappa shape index (κ2) is 8.79. The van der Waals surface area contributed by atoms with Gasteiger partial charge in [0, 0.05) is 38.9 Å². The van der Waals surface area contributed by atoms with Crippen LogP contribution in [-0.4, -0.2) is 53.0 Å². The van der Waals surface area contributed by atoms with Crippen molar-refractivity contribution in [3.8, 4) is 11.5 Å². The molecule has 5 heteroatoms. The minimum atomic E-state index is 0.135. The highest BCUT2D eigenvalue weighted by Crippen LogP contribution is 2.28. The first-order chi connectivity index (χ1) is 9.65. The molecule has 0 aliphatic heterocycles. The molecule has 5 nitrogen and oxygen atoms in total. The van der Waals surface area contributed by atoms with Gasteiger partial charge >= 0.3 is 0 Å². The number of hydrogen-bond acceptors (Lipinski definition) is 5. The van der Waals surface area contributed by atoms with Crippen LogP contribution in [0.3, 0.4) is 0 Å². The smallest absolute Gasteiger partial charge is 0.122 e. The summed E-state index contributed by atoms with van der Waals surface area (Å²) in [5, 5.41) is 0. The van der Waals surface area contributed by atoms with Gasteiger partial charge in [0.25, 0.3) is 0 Å². The van der Waals surface area contributed by atoms with Crippen molar-refractivity contribution in [3.63, 3.8) is 0 Å². The Morgan fingerprint density at radius 1 is 1.10 bits per heavy atom. The summed E-state index contributed by atoms with van der Waals surface area (Å²) < 4.78 is 15.7. The van der Waals surface area contributed by atoms with E-state index in [2.05, 4.69) is 11.9 Å². The fourth-order valence-corrected chi connectivity index (χ4v) is 2.21. The molecule has 0 amide bonds. The highest BCUT2D eigenvalue weighted by Gasteiger charge is 2.17. The van der Waals surface area contributed by atoms with Crippen LogP contribution in [-0.2, 0) is 4.74 Å². The molecule has 0 aliphatic carbocycles. The maximum atomic E-state index is 5.94. The lowest BCUT2D eigenvalue weighted by atomic mass is 10.0. The van der Waals surface area contributed by atoms with Crippen LogP contribution in [0.15, 0.2) is 18.2 Å². The molecule has 1 rings (SSSR count). The number of methoxy groups -OCH3 is 3. The average Bonchev–Trinajstić information content (AvgIpc) is 2.47. The molecule has 1 aromatic rings. The maximum absolute atomic E-state index is 5.94. The van der Waals surface area contributed by atoms with Crippen LogP contribution in [0.2, 0.25) is 0 Å². The highest BCUT2D eigenvalue weighted by atomic mass is 16.5. The normalized spacial score (nSPS) is 12.5. The average molecular weight is 282 g/mol. The minimum Gasteiger partial charge on any atom is -0.497 e. The molecule has 0 bridgehead atoms. The molecule has 2 N–H and O–H groups in total. The zero-order chi connectivity index (χ0) is 15.0. The fraction of sp³-hybridized carbons (Fsp3) is 0.600. The Morgan fingerprint density at radius 3 is 2.15 bits per heavy atom. The zero-order valence-corrected chi connectivity index (χ0v) is 12.9. The summed E-state index contributed by atoms with van der Waals surface area (Å²) in [4.78, 5) is 2.23. The third-order valence-electron chi connectivity index (χ3n) is 3.37. The lowest BCUT2D eigenvalue weighted by Gasteiger charge is -2.27. The molecule has 0 aliphatic rings. The molecule has 0 saturated carbocycles. The third-order valence-corrected chi connectivity index (χ3v) is 3.37.